The van der Waals surface area contributed by atoms with Gasteiger partial charge in [-0.05, 0) is 66.3 Å². The number of hydrogen-bond donors (Lipinski definition) is 2. The van der Waals surface area contributed by atoms with Gasteiger partial charge < -0.3 is 14.8 Å². The number of piperidine rings is 1. The van der Waals surface area contributed by atoms with Crippen molar-refractivity contribution in [2.24, 2.45) is 5.41 Å². The van der Waals surface area contributed by atoms with E-state index in [0.717, 1.165) is 32.4 Å². The summed E-state index contributed by atoms with van der Waals surface area (Å²) in [5.41, 5.74) is 3.29. The third-order valence-corrected chi connectivity index (χ3v) is 9.50. The number of aromatic amines is 2. The van der Waals surface area contributed by atoms with Crippen LogP contribution in [-0.2, 0) is 16.1 Å². The number of para-hydroxylation sites is 1. The van der Waals surface area contributed by atoms with Gasteiger partial charge in [-0.1, -0.05) is 24.3 Å². The maximum Gasteiger partial charge on any atom is 0.406 e. The second-order valence-electron chi connectivity index (χ2n) is 12.1. The number of rotatable bonds is 4. The summed E-state index contributed by atoms with van der Waals surface area (Å²) >= 11 is 0. The quantitative estimate of drug-likeness (QED) is 0.361. The van der Waals surface area contributed by atoms with Crippen LogP contribution < -0.4 is 5.56 Å². The predicted molar refractivity (Wildman–Crippen MR) is 150 cm³/mol. The highest BCUT2D eigenvalue weighted by Gasteiger charge is 2.65. The molecule has 2 aromatic heterocycles. The van der Waals surface area contributed by atoms with Crippen LogP contribution in [0.4, 0.5) is 13.2 Å². The Morgan fingerprint density at radius 1 is 1.12 bits per heavy atom. The molecule has 0 bridgehead atoms. The van der Waals surface area contributed by atoms with Gasteiger partial charge in [0, 0.05) is 48.4 Å². The van der Waals surface area contributed by atoms with Crippen molar-refractivity contribution >= 4 is 33.6 Å². The summed E-state index contributed by atoms with van der Waals surface area (Å²) < 4.78 is 40.9. The van der Waals surface area contributed by atoms with E-state index in [1.165, 1.54) is 0 Å². The molecule has 3 aliphatic rings. The van der Waals surface area contributed by atoms with Crippen LogP contribution in [0.15, 0.2) is 47.4 Å². The Hall–Kier alpha value is -4.15. The van der Waals surface area contributed by atoms with Crippen LogP contribution in [-0.4, -0.2) is 62.6 Å². The van der Waals surface area contributed by atoms with Crippen LogP contribution in [0.2, 0.25) is 0 Å². The minimum absolute atomic E-state index is 0.0109. The zero-order chi connectivity index (χ0) is 29.4. The Kier molecular flexibility index (Phi) is 6.00. The van der Waals surface area contributed by atoms with E-state index in [9.17, 15) is 27.6 Å². The maximum atomic E-state index is 13.8. The van der Waals surface area contributed by atoms with Crippen LogP contribution in [0.1, 0.15) is 59.8 Å². The molecule has 1 saturated carbocycles. The molecule has 2 aliphatic heterocycles. The van der Waals surface area contributed by atoms with Crippen molar-refractivity contribution in [3.8, 4) is 0 Å². The summed E-state index contributed by atoms with van der Waals surface area (Å²) in [6.45, 7) is 1.20. The number of aryl methyl sites for hydroxylation is 1. The van der Waals surface area contributed by atoms with Gasteiger partial charge in [-0.2, -0.15) is 18.3 Å². The lowest BCUT2D eigenvalue weighted by atomic mass is 9.88. The Bertz CT molecular complexity index is 1800. The Labute approximate surface area is 238 Å². The molecule has 218 valence electrons. The normalized spacial score (nSPS) is 22.8. The van der Waals surface area contributed by atoms with E-state index in [0.29, 0.717) is 48.9 Å². The first-order valence-electron chi connectivity index (χ1n) is 14.3. The number of H-pyrrole nitrogens is 2. The summed E-state index contributed by atoms with van der Waals surface area (Å²) in [5.74, 6) is -1.17. The largest absolute Gasteiger partial charge is 0.406 e. The molecule has 4 heterocycles. The highest BCUT2D eigenvalue weighted by molar-refractivity contribution is 5.96. The lowest BCUT2D eigenvalue weighted by molar-refractivity contribution is -0.166. The average Bonchev–Trinajstić information content (AvgIpc) is 3.46. The van der Waals surface area contributed by atoms with E-state index in [-0.39, 0.29) is 36.3 Å². The molecule has 7 rings (SSSR count). The van der Waals surface area contributed by atoms with Gasteiger partial charge in [0.25, 0.3) is 5.56 Å². The van der Waals surface area contributed by atoms with E-state index in [1.54, 1.807) is 11.1 Å². The Balaban J connectivity index is 1.13. The molecule has 2 aromatic carbocycles. The molecular weight excluding hydrogens is 547 g/mol. The van der Waals surface area contributed by atoms with Gasteiger partial charge >= 0.3 is 6.18 Å². The standard InChI is InChI=1S/C31H30F3N5O3/c1-17-10-21-23(22-14-35-37-27(17)22)15-39(16-31(32,33)34)29(42)30(12-24(21)30)13-26(40)38-8-6-18(7-9-38)20-11-19-4-2-3-5-25(19)36-28(20)41/h2-5,10-11,14,18,24H,6-9,12-13,15-16H2,1H3,(H,35,37)(H,36,41)/t24-,30?/m1/s1. The third kappa shape index (κ3) is 4.37. The molecule has 8 nitrogen and oxygen atoms in total. The number of benzene rings is 2. The van der Waals surface area contributed by atoms with E-state index < -0.39 is 24.0 Å². The summed E-state index contributed by atoms with van der Waals surface area (Å²) in [4.78, 5) is 45.7. The van der Waals surface area contributed by atoms with Crippen molar-refractivity contribution in [3.63, 3.8) is 0 Å². The van der Waals surface area contributed by atoms with Crippen LogP contribution in [0.5, 0.6) is 0 Å². The average molecular weight is 578 g/mol. The second kappa shape index (κ2) is 9.43. The predicted octanol–water partition coefficient (Wildman–Crippen LogP) is 4.89. The van der Waals surface area contributed by atoms with Gasteiger partial charge in [-0.3, -0.25) is 19.5 Å². The molecule has 1 aliphatic carbocycles. The number of nitrogens with zero attached hydrogens (tertiary/aromatic N) is 3. The second-order valence-corrected chi connectivity index (χ2v) is 12.1. The highest BCUT2D eigenvalue weighted by atomic mass is 19.4. The number of alkyl halides is 3. The van der Waals surface area contributed by atoms with Gasteiger partial charge in [0.05, 0.1) is 17.1 Å². The Morgan fingerprint density at radius 2 is 1.88 bits per heavy atom. The van der Waals surface area contributed by atoms with Gasteiger partial charge in [-0.15, -0.1) is 0 Å². The smallest absolute Gasteiger partial charge is 0.343 e. The highest BCUT2D eigenvalue weighted by Crippen LogP contribution is 2.65. The summed E-state index contributed by atoms with van der Waals surface area (Å²) in [6, 6.07) is 11.4. The lowest BCUT2D eigenvalue weighted by Gasteiger charge is -2.33. The van der Waals surface area contributed by atoms with Crippen LogP contribution in [0.25, 0.3) is 21.8 Å². The van der Waals surface area contributed by atoms with Crippen molar-refractivity contribution in [1.82, 2.24) is 25.0 Å². The minimum Gasteiger partial charge on any atom is -0.343 e. The number of hydrogen-bond acceptors (Lipinski definition) is 4. The molecule has 2 amide bonds. The number of halogens is 3. The first kappa shape index (κ1) is 26.7. The number of amides is 2. The molecule has 42 heavy (non-hydrogen) atoms. The van der Waals surface area contributed by atoms with Gasteiger partial charge in [0.1, 0.15) is 6.54 Å². The number of fused-ring (bicyclic) bond motifs is 6. The van der Waals surface area contributed by atoms with Crippen LogP contribution in [0.3, 0.4) is 0 Å². The van der Waals surface area contributed by atoms with Crippen LogP contribution >= 0.6 is 0 Å². The number of pyridine rings is 1. The number of carbonyl (C=O) groups excluding carboxylic acids is 2. The van der Waals surface area contributed by atoms with Gasteiger partial charge in [0.2, 0.25) is 11.8 Å². The topological polar surface area (TPSA) is 102 Å². The zero-order valence-corrected chi connectivity index (χ0v) is 23.1. The first-order chi connectivity index (χ1) is 20.0. The molecule has 2 N–H and O–H groups in total. The summed E-state index contributed by atoms with van der Waals surface area (Å²) in [5, 5.41) is 8.68. The van der Waals surface area contributed by atoms with Crippen LogP contribution in [0, 0.1) is 12.3 Å². The van der Waals surface area contributed by atoms with E-state index in [1.807, 2.05) is 43.3 Å². The number of carbonyl (C=O) groups is 2. The molecule has 1 unspecified atom stereocenters. The zero-order valence-electron chi connectivity index (χ0n) is 23.1. The van der Waals surface area contributed by atoms with Crippen molar-refractivity contribution in [2.45, 2.75) is 57.2 Å². The molecule has 4 aromatic rings. The number of aromatic nitrogens is 3. The van der Waals surface area contributed by atoms with Crippen molar-refractivity contribution in [2.75, 3.05) is 19.6 Å². The molecule has 2 atom stereocenters. The molecule has 2 fully saturated rings. The fourth-order valence-electron chi connectivity index (χ4n) is 7.28. The first-order valence-corrected chi connectivity index (χ1v) is 14.3. The van der Waals surface area contributed by atoms with Crippen molar-refractivity contribution < 1.29 is 22.8 Å². The summed E-state index contributed by atoms with van der Waals surface area (Å²) in [6.07, 6.45) is -1.57. The van der Waals surface area contributed by atoms with Gasteiger partial charge in [0.15, 0.2) is 0 Å². The lowest BCUT2D eigenvalue weighted by Crippen LogP contribution is -2.45. The SMILES string of the molecule is Cc1cc2c(c3cn[nH]c13)CN(CC(F)(F)F)C(=O)C1(CC(=O)N3CCC(c4cc5ccccc5[nH]c4=O)CC3)C[C@H]21. The minimum atomic E-state index is -4.57. The Morgan fingerprint density at radius 3 is 2.64 bits per heavy atom. The molecule has 1 saturated heterocycles. The fraction of sp³-hybridized carbons (Fsp3) is 0.419. The van der Waals surface area contributed by atoms with E-state index in [4.69, 9.17) is 0 Å². The maximum absolute atomic E-state index is 13.8. The third-order valence-electron chi connectivity index (χ3n) is 9.50. The van der Waals surface area contributed by atoms with E-state index in [2.05, 4.69) is 15.2 Å². The van der Waals surface area contributed by atoms with Gasteiger partial charge in [-0.25, -0.2) is 0 Å². The van der Waals surface area contributed by atoms with Crippen molar-refractivity contribution in [1.29, 1.82) is 0 Å². The molecule has 11 heteroatoms. The number of nitrogens with one attached hydrogen (secondary N) is 2. The number of likely N-dealkylation sites (tertiary alicyclic amines) is 1. The molecular formula is C31H30F3N5O3. The summed E-state index contributed by atoms with van der Waals surface area (Å²) in [7, 11) is 0. The fourth-order valence-corrected chi connectivity index (χ4v) is 7.28. The van der Waals surface area contributed by atoms with Crippen molar-refractivity contribution in [3.05, 3.63) is 75.2 Å². The molecule has 0 radical (unpaired) electrons. The monoisotopic (exact) mass is 577 g/mol. The van der Waals surface area contributed by atoms with E-state index >= 15 is 0 Å². The molecule has 0 spiro atoms.